The number of nitrogens with zero attached hydrogens (tertiary/aromatic N) is 2. The van der Waals surface area contributed by atoms with Crippen LogP contribution in [0.3, 0.4) is 0 Å². The van der Waals surface area contributed by atoms with Gasteiger partial charge in [-0.3, -0.25) is 19.3 Å². The molecule has 51 heavy (non-hydrogen) atoms. The van der Waals surface area contributed by atoms with Gasteiger partial charge in [-0.15, -0.1) is 0 Å². The number of H-pyrrole nitrogens is 1. The van der Waals surface area contributed by atoms with Crippen molar-refractivity contribution in [2.45, 2.75) is 38.8 Å². The second kappa shape index (κ2) is 15.1. The van der Waals surface area contributed by atoms with E-state index in [9.17, 15) is 14.4 Å². The Bertz CT molecular complexity index is 2270. The van der Waals surface area contributed by atoms with Crippen LogP contribution >= 0.6 is 0 Å². The van der Waals surface area contributed by atoms with Gasteiger partial charge in [0.25, 0.3) is 17.0 Å². The van der Waals surface area contributed by atoms with E-state index in [1.165, 1.54) is 16.7 Å². The number of carbonyl (C=O) groups is 1. The highest BCUT2D eigenvalue weighted by atomic mass is 16.5. The van der Waals surface area contributed by atoms with Crippen LogP contribution in [0.5, 0.6) is 11.5 Å². The monoisotopic (exact) mass is 682 g/mol. The number of anilines is 1. The summed E-state index contributed by atoms with van der Waals surface area (Å²) in [7, 11) is 3.33. The Hall–Kier alpha value is -5.67. The van der Waals surface area contributed by atoms with Crippen molar-refractivity contribution in [1.82, 2.24) is 14.5 Å². The van der Waals surface area contributed by atoms with Crippen LogP contribution in [0.15, 0.2) is 101 Å². The average molecular weight is 683 g/mol. The first kappa shape index (κ1) is 33.8. The van der Waals surface area contributed by atoms with Crippen molar-refractivity contribution in [2.75, 3.05) is 32.6 Å². The van der Waals surface area contributed by atoms with E-state index in [0.29, 0.717) is 34.6 Å². The number of hydrogen-bond acceptors (Lipinski definition) is 6. The summed E-state index contributed by atoms with van der Waals surface area (Å²) in [6, 6.07) is 28.7. The summed E-state index contributed by atoms with van der Waals surface area (Å²) in [5.74, 6) is 1.71. The molecule has 0 bridgehead atoms. The number of aromatic nitrogens is 2. The van der Waals surface area contributed by atoms with Crippen LogP contribution in [0.1, 0.15) is 51.0 Å². The minimum atomic E-state index is -0.313. The number of benzene rings is 4. The molecule has 0 radical (unpaired) electrons. The Labute approximate surface area is 296 Å². The lowest BCUT2D eigenvalue weighted by atomic mass is 9.98. The van der Waals surface area contributed by atoms with Crippen LogP contribution in [0.2, 0.25) is 0 Å². The SMILES string of the molecule is COc1cc2c(cc1OC)CN(CCc1ccc(NC(=O)c3ccc(/C=c4\[nH]c(=O)/c(=C/c5ccccc5)n(CC5CC5)c4=O)cc3)cc1)CC2. The standard InChI is InChI=1S/C42H42N4O5/c1-50-38-24-33-19-21-45(27-34(33)25-39(38)51-2)20-18-28-12-16-35(17-13-28)43-40(47)32-14-10-30(11-15-32)22-36-42(49)46(26-31-8-9-31)37(41(48)44-36)23-29-6-4-3-5-7-29/h3-7,10-17,22-25,31H,8-9,18-21,26-27H2,1-2H3,(H,43,47)(H,44,48)/b36-22-,37-23-. The van der Waals surface area contributed by atoms with Gasteiger partial charge in [0.15, 0.2) is 11.5 Å². The lowest BCUT2D eigenvalue weighted by molar-refractivity contribution is 0.102. The number of methoxy groups -OCH3 is 2. The molecule has 1 fully saturated rings. The largest absolute Gasteiger partial charge is 0.493 e. The van der Waals surface area contributed by atoms with Crippen molar-refractivity contribution >= 4 is 23.7 Å². The third-order valence-electron chi connectivity index (χ3n) is 9.70. The summed E-state index contributed by atoms with van der Waals surface area (Å²) in [4.78, 5) is 45.1. The van der Waals surface area contributed by atoms with E-state index in [1.54, 1.807) is 55.2 Å². The highest BCUT2D eigenvalue weighted by molar-refractivity contribution is 6.04. The number of fused-ring (bicyclic) bond motifs is 1. The van der Waals surface area contributed by atoms with Crippen molar-refractivity contribution in [3.63, 3.8) is 0 Å². The van der Waals surface area contributed by atoms with Crippen LogP contribution in [-0.2, 0) is 25.9 Å². The summed E-state index contributed by atoms with van der Waals surface area (Å²) in [5, 5.41) is 3.55. The molecule has 0 saturated heterocycles. The summed E-state index contributed by atoms with van der Waals surface area (Å²) in [5.41, 5.74) is 6.00. The lowest BCUT2D eigenvalue weighted by Crippen LogP contribution is -2.53. The number of amides is 1. The lowest BCUT2D eigenvalue weighted by Gasteiger charge is -2.29. The molecule has 1 aliphatic carbocycles. The third-order valence-corrected chi connectivity index (χ3v) is 9.70. The number of aromatic amines is 1. The van der Waals surface area contributed by atoms with Crippen LogP contribution in [-0.4, -0.2) is 47.7 Å². The van der Waals surface area contributed by atoms with E-state index in [-0.39, 0.29) is 22.4 Å². The van der Waals surface area contributed by atoms with Gasteiger partial charge in [0, 0.05) is 37.4 Å². The Morgan fingerprint density at radius 1 is 0.863 bits per heavy atom. The third kappa shape index (κ3) is 8.05. The molecule has 2 aliphatic rings. The fourth-order valence-corrected chi connectivity index (χ4v) is 6.58. The summed E-state index contributed by atoms with van der Waals surface area (Å²) in [6.45, 7) is 3.31. The van der Waals surface area contributed by atoms with Crippen LogP contribution in [0.4, 0.5) is 5.69 Å². The summed E-state index contributed by atoms with van der Waals surface area (Å²) in [6.07, 6.45) is 7.41. The Morgan fingerprint density at radius 3 is 2.24 bits per heavy atom. The molecule has 260 valence electrons. The minimum Gasteiger partial charge on any atom is -0.493 e. The van der Waals surface area contributed by atoms with Crippen molar-refractivity contribution in [3.05, 3.63) is 156 Å². The molecule has 7 rings (SSSR count). The van der Waals surface area contributed by atoms with Crippen LogP contribution in [0, 0.1) is 5.92 Å². The second-order valence-electron chi connectivity index (χ2n) is 13.3. The van der Waals surface area contributed by atoms with Gasteiger partial charge in [-0.05, 0) is 108 Å². The molecule has 5 aromatic rings. The van der Waals surface area contributed by atoms with Gasteiger partial charge in [-0.25, -0.2) is 0 Å². The zero-order valence-electron chi connectivity index (χ0n) is 29.0. The number of rotatable bonds is 11. The topological polar surface area (TPSA) is 106 Å². The van der Waals surface area contributed by atoms with E-state index >= 15 is 0 Å². The molecule has 2 N–H and O–H groups in total. The molecular weight excluding hydrogens is 640 g/mol. The first-order valence-corrected chi connectivity index (χ1v) is 17.4. The van der Waals surface area contributed by atoms with Gasteiger partial charge in [0.2, 0.25) is 0 Å². The van der Waals surface area contributed by atoms with Crippen molar-refractivity contribution in [1.29, 1.82) is 0 Å². The molecular formula is C42H42N4O5. The van der Waals surface area contributed by atoms with E-state index < -0.39 is 0 Å². The number of carbonyl (C=O) groups excluding carboxylic acids is 1. The van der Waals surface area contributed by atoms with Crippen LogP contribution < -0.4 is 36.6 Å². The predicted octanol–water partition coefficient (Wildman–Crippen LogP) is 4.47. The average Bonchev–Trinajstić information content (AvgIpc) is 3.99. The van der Waals surface area contributed by atoms with E-state index in [0.717, 1.165) is 62.4 Å². The molecule has 2 heterocycles. The molecule has 9 nitrogen and oxygen atoms in total. The van der Waals surface area contributed by atoms with E-state index in [1.807, 2.05) is 42.5 Å². The number of ether oxygens (including phenoxy) is 2. The highest BCUT2D eigenvalue weighted by Gasteiger charge is 2.23. The number of hydrogen-bond donors (Lipinski definition) is 2. The quantitative estimate of drug-likeness (QED) is 0.213. The van der Waals surface area contributed by atoms with Crippen molar-refractivity contribution in [2.24, 2.45) is 5.92 Å². The molecule has 0 unspecified atom stereocenters. The summed E-state index contributed by atoms with van der Waals surface area (Å²) < 4.78 is 12.6. The molecule has 1 aromatic heterocycles. The molecule has 0 atom stereocenters. The molecule has 1 saturated carbocycles. The van der Waals surface area contributed by atoms with Gasteiger partial charge in [0.05, 0.1) is 14.2 Å². The summed E-state index contributed by atoms with van der Waals surface area (Å²) >= 11 is 0. The predicted molar refractivity (Wildman–Crippen MR) is 200 cm³/mol. The molecule has 1 aliphatic heterocycles. The molecule has 9 heteroatoms. The van der Waals surface area contributed by atoms with E-state index in [4.69, 9.17) is 9.47 Å². The fraction of sp³-hybridized carbons (Fsp3) is 0.262. The Kier molecular flexibility index (Phi) is 9.99. The molecule has 1 amide bonds. The van der Waals surface area contributed by atoms with Gasteiger partial charge in [-0.2, -0.15) is 0 Å². The maximum Gasteiger partial charge on any atom is 0.274 e. The normalized spacial score (nSPS) is 15.0. The van der Waals surface area contributed by atoms with Gasteiger partial charge >= 0.3 is 0 Å². The highest BCUT2D eigenvalue weighted by Crippen LogP contribution is 2.33. The van der Waals surface area contributed by atoms with Gasteiger partial charge in [-0.1, -0.05) is 54.6 Å². The molecule has 0 spiro atoms. The Morgan fingerprint density at radius 2 is 1.55 bits per heavy atom. The fourth-order valence-electron chi connectivity index (χ4n) is 6.58. The Balaban J connectivity index is 0.987. The first-order valence-electron chi connectivity index (χ1n) is 17.4. The smallest absolute Gasteiger partial charge is 0.274 e. The van der Waals surface area contributed by atoms with Gasteiger partial charge < -0.3 is 24.3 Å². The second-order valence-corrected chi connectivity index (χ2v) is 13.3. The van der Waals surface area contributed by atoms with Crippen LogP contribution in [0.25, 0.3) is 12.2 Å². The maximum atomic E-state index is 13.6. The van der Waals surface area contributed by atoms with E-state index in [2.05, 4.69) is 39.5 Å². The zero-order valence-corrected chi connectivity index (χ0v) is 29.0. The maximum absolute atomic E-state index is 13.6. The number of nitrogens with one attached hydrogen (secondary N) is 2. The van der Waals surface area contributed by atoms with Crippen molar-refractivity contribution in [3.8, 4) is 11.5 Å². The minimum absolute atomic E-state index is 0.217. The zero-order chi connectivity index (χ0) is 35.3. The van der Waals surface area contributed by atoms with Crippen molar-refractivity contribution < 1.29 is 14.3 Å². The molecule has 4 aromatic carbocycles. The first-order chi connectivity index (χ1) is 24.9. The van der Waals surface area contributed by atoms with Gasteiger partial charge in [0.1, 0.15) is 10.7 Å².